The summed E-state index contributed by atoms with van der Waals surface area (Å²) < 4.78 is 0. The number of thiophene rings is 1. The Labute approximate surface area is 111 Å². The quantitative estimate of drug-likeness (QED) is 0.748. The molecular weight excluding hydrogens is 242 g/mol. The summed E-state index contributed by atoms with van der Waals surface area (Å²) in [6.07, 6.45) is 2.24. The van der Waals surface area contributed by atoms with Crippen molar-refractivity contribution in [1.82, 2.24) is 0 Å². The van der Waals surface area contributed by atoms with Crippen molar-refractivity contribution in [3.05, 3.63) is 64.4 Å². The molecule has 2 nitrogen and oxygen atoms in total. The molecule has 18 heavy (non-hydrogen) atoms. The number of hydrogen-bond donors (Lipinski definition) is 0. The van der Waals surface area contributed by atoms with Crippen molar-refractivity contribution >= 4 is 17.0 Å². The second kappa shape index (κ2) is 4.96. The van der Waals surface area contributed by atoms with Gasteiger partial charge in [0.25, 0.3) is 0 Å². The van der Waals surface area contributed by atoms with Crippen molar-refractivity contribution < 1.29 is 4.84 Å². The molecule has 0 saturated carbocycles. The number of anilines is 1. The van der Waals surface area contributed by atoms with Gasteiger partial charge in [0.2, 0.25) is 0 Å². The zero-order chi connectivity index (χ0) is 12.4. The van der Waals surface area contributed by atoms with Crippen LogP contribution in [0.5, 0.6) is 0 Å². The van der Waals surface area contributed by atoms with Gasteiger partial charge in [0.05, 0.1) is 12.2 Å². The molecule has 3 rings (SSSR count). The standard InChI is InChI=1S/C15H15NOS/c1-12-10-14(15-8-5-9-18-15)17-16(11-12)13-6-3-2-4-7-13/h2-10,14H,11H2,1H3. The molecule has 2 heterocycles. The predicted octanol–water partition coefficient (Wildman–Crippen LogP) is 4.19. The lowest BCUT2D eigenvalue weighted by Crippen LogP contribution is -2.30. The minimum Gasteiger partial charge on any atom is -0.260 e. The summed E-state index contributed by atoms with van der Waals surface area (Å²) in [5.41, 5.74) is 2.44. The Balaban J connectivity index is 1.86. The molecule has 0 N–H and O–H groups in total. The minimum absolute atomic E-state index is 0.0407. The van der Waals surface area contributed by atoms with Crippen molar-refractivity contribution in [3.63, 3.8) is 0 Å². The van der Waals surface area contributed by atoms with Gasteiger partial charge in [-0.05, 0) is 36.6 Å². The van der Waals surface area contributed by atoms with E-state index in [1.807, 2.05) is 23.3 Å². The summed E-state index contributed by atoms with van der Waals surface area (Å²) >= 11 is 1.73. The van der Waals surface area contributed by atoms with Crippen LogP contribution in [0.4, 0.5) is 5.69 Å². The van der Waals surface area contributed by atoms with E-state index in [1.165, 1.54) is 10.5 Å². The van der Waals surface area contributed by atoms with E-state index in [-0.39, 0.29) is 6.10 Å². The Bertz CT molecular complexity index is 533. The lowest BCUT2D eigenvalue weighted by atomic mass is 10.1. The van der Waals surface area contributed by atoms with E-state index in [1.54, 1.807) is 11.3 Å². The molecule has 0 amide bonds. The van der Waals surface area contributed by atoms with Gasteiger partial charge >= 0.3 is 0 Å². The Morgan fingerprint density at radius 2 is 2.00 bits per heavy atom. The van der Waals surface area contributed by atoms with Crippen LogP contribution in [-0.4, -0.2) is 6.54 Å². The van der Waals surface area contributed by atoms with Crippen molar-refractivity contribution in [2.75, 3.05) is 11.6 Å². The highest BCUT2D eigenvalue weighted by Gasteiger charge is 2.21. The fraction of sp³-hybridized carbons (Fsp3) is 0.200. The van der Waals surface area contributed by atoms with E-state index in [9.17, 15) is 0 Å². The summed E-state index contributed by atoms with van der Waals surface area (Å²) in [5, 5.41) is 4.06. The summed E-state index contributed by atoms with van der Waals surface area (Å²) in [5.74, 6) is 0. The number of rotatable bonds is 2. The second-order valence-corrected chi connectivity index (χ2v) is 5.41. The average molecular weight is 257 g/mol. The van der Waals surface area contributed by atoms with Crippen molar-refractivity contribution in [2.45, 2.75) is 13.0 Å². The Morgan fingerprint density at radius 1 is 1.17 bits per heavy atom. The Kier molecular flexibility index (Phi) is 3.17. The number of nitrogens with zero attached hydrogens (tertiary/aromatic N) is 1. The molecule has 1 aliphatic heterocycles. The van der Waals surface area contributed by atoms with Crippen LogP contribution in [0.25, 0.3) is 0 Å². The normalized spacial score (nSPS) is 19.7. The molecule has 1 unspecified atom stereocenters. The van der Waals surface area contributed by atoms with Crippen LogP contribution in [-0.2, 0) is 4.84 Å². The Hall–Kier alpha value is -1.58. The number of benzene rings is 1. The van der Waals surface area contributed by atoms with Gasteiger partial charge in [0.15, 0.2) is 0 Å². The van der Waals surface area contributed by atoms with Crippen molar-refractivity contribution in [1.29, 1.82) is 0 Å². The molecule has 3 heteroatoms. The monoisotopic (exact) mass is 257 g/mol. The molecule has 92 valence electrons. The predicted molar refractivity (Wildman–Crippen MR) is 75.7 cm³/mol. The third-order valence-electron chi connectivity index (χ3n) is 2.94. The van der Waals surface area contributed by atoms with E-state index < -0.39 is 0 Å². The molecule has 0 aliphatic carbocycles. The highest BCUT2D eigenvalue weighted by atomic mass is 32.1. The second-order valence-electron chi connectivity index (χ2n) is 4.43. The molecule has 1 atom stereocenters. The van der Waals surface area contributed by atoms with E-state index in [2.05, 4.69) is 42.6 Å². The molecule has 0 bridgehead atoms. The van der Waals surface area contributed by atoms with Gasteiger partial charge in [-0.1, -0.05) is 29.8 Å². The maximum Gasteiger partial charge on any atom is 0.138 e. The molecule has 1 aliphatic rings. The summed E-state index contributed by atoms with van der Waals surface area (Å²) in [7, 11) is 0. The first-order valence-corrected chi connectivity index (χ1v) is 6.91. The first-order chi connectivity index (χ1) is 8.83. The topological polar surface area (TPSA) is 12.5 Å². The molecule has 1 aromatic heterocycles. The largest absolute Gasteiger partial charge is 0.260 e. The third-order valence-corrected chi connectivity index (χ3v) is 3.87. The van der Waals surface area contributed by atoms with E-state index in [4.69, 9.17) is 4.84 Å². The number of para-hydroxylation sites is 1. The zero-order valence-electron chi connectivity index (χ0n) is 10.2. The molecule has 1 aromatic carbocycles. The summed E-state index contributed by atoms with van der Waals surface area (Å²) in [6, 6.07) is 14.4. The third kappa shape index (κ3) is 2.33. The SMILES string of the molecule is CC1=CC(c2cccs2)ON(c2ccccc2)C1. The zero-order valence-corrected chi connectivity index (χ0v) is 11.1. The van der Waals surface area contributed by atoms with Crippen molar-refractivity contribution in [3.8, 4) is 0 Å². The van der Waals surface area contributed by atoms with Crippen LogP contribution in [0.15, 0.2) is 59.5 Å². The highest BCUT2D eigenvalue weighted by molar-refractivity contribution is 7.10. The van der Waals surface area contributed by atoms with Gasteiger partial charge in [-0.15, -0.1) is 11.3 Å². The first-order valence-electron chi connectivity index (χ1n) is 6.03. The summed E-state index contributed by atoms with van der Waals surface area (Å²) in [4.78, 5) is 7.30. The van der Waals surface area contributed by atoms with E-state index >= 15 is 0 Å². The first kappa shape index (κ1) is 11.5. The van der Waals surface area contributed by atoms with Crippen LogP contribution in [0.3, 0.4) is 0 Å². The van der Waals surface area contributed by atoms with Gasteiger partial charge in [-0.25, -0.2) is 5.06 Å². The number of hydrogen-bond acceptors (Lipinski definition) is 3. The van der Waals surface area contributed by atoms with Gasteiger partial charge in [0.1, 0.15) is 6.10 Å². The van der Waals surface area contributed by atoms with E-state index in [0.29, 0.717) is 0 Å². The molecule has 0 radical (unpaired) electrons. The molecule has 0 spiro atoms. The van der Waals surface area contributed by atoms with Crippen LogP contribution >= 0.6 is 11.3 Å². The Morgan fingerprint density at radius 3 is 2.72 bits per heavy atom. The van der Waals surface area contributed by atoms with Gasteiger partial charge in [-0.3, -0.25) is 4.84 Å². The maximum absolute atomic E-state index is 6.05. The highest BCUT2D eigenvalue weighted by Crippen LogP contribution is 2.31. The fourth-order valence-electron chi connectivity index (χ4n) is 2.08. The lowest BCUT2D eigenvalue weighted by molar-refractivity contribution is 0.0579. The van der Waals surface area contributed by atoms with Gasteiger partial charge < -0.3 is 0 Å². The van der Waals surface area contributed by atoms with Crippen LogP contribution in [0, 0.1) is 0 Å². The lowest BCUT2D eigenvalue weighted by Gasteiger charge is -2.32. The molecule has 2 aromatic rings. The van der Waals surface area contributed by atoms with E-state index in [0.717, 1.165) is 12.2 Å². The average Bonchev–Trinajstić information content (AvgIpc) is 2.93. The smallest absolute Gasteiger partial charge is 0.138 e. The summed E-state index contributed by atoms with van der Waals surface area (Å²) in [6.45, 7) is 2.98. The fourth-order valence-corrected chi connectivity index (χ4v) is 2.79. The number of hydroxylamine groups is 1. The maximum atomic E-state index is 6.05. The van der Waals surface area contributed by atoms with Gasteiger partial charge in [-0.2, -0.15) is 0 Å². The minimum atomic E-state index is 0.0407. The molecule has 0 fully saturated rings. The van der Waals surface area contributed by atoms with Crippen LogP contribution in [0.1, 0.15) is 17.9 Å². The van der Waals surface area contributed by atoms with Crippen LogP contribution in [0.2, 0.25) is 0 Å². The molecule has 0 saturated heterocycles. The van der Waals surface area contributed by atoms with Crippen LogP contribution < -0.4 is 5.06 Å². The molecular formula is C15H15NOS. The van der Waals surface area contributed by atoms with Crippen molar-refractivity contribution in [2.24, 2.45) is 0 Å². The van der Waals surface area contributed by atoms with Gasteiger partial charge in [0, 0.05) is 4.88 Å².